The third kappa shape index (κ3) is 4.82. The van der Waals surface area contributed by atoms with E-state index in [1.165, 1.54) is 19.2 Å². The second kappa shape index (κ2) is 8.15. The Bertz CT molecular complexity index is 813. The molecule has 7 nitrogen and oxygen atoms in total. The van der Waals surface area contributed by atoms with Crippen molar-refractivity contribution in [1.29, 1.82) is 0 Å². The highest BCUT2D eigenvalue weighted by atomic mass is 32.2. The number of sulfone groups is 1. The topological polar surface area (TPSA) is 90.3 Å². The van der Waals surface area contributed by atoms with Crippen LogP contribution in [0.2, 0.25) is 0 Å². The Kier molecular flexibility index (Phi) is 6.19. The Morgan fingerprint density at radius 1 is 1.28 bits per heavy atom. The predicted molar refractivity (Wildman–Crippen MR) is 95.4 cm³/mol. The molecule has 0 saturated carbocycles. The van der Waals surface area contributed by atoms with Crippen LogP contribution >= 0.6 is 0 Å². The number of carbonyl (C=O) groups excluding carboxylic acids is 1. The fourth-order valence-electron chi connectivity index (χ4n) is 2.36. The van der Waals surface area contributed by atoms with E-state index in [1.54, 1.807) is 36.0 Å². The van der Waals surface area contributed by atoms with Crippen molar-refractivity contribution in [3.8, 4) is 5.75 Å². The van der Waals surface area contributed by atoms with Gasteiger partial charge in [-0.15, -0.1) is 0 Å². The van der Waals surface area contributed by atoms with E-state index in [4.69, 9.17) is 4.74 Å². The summed E-state index contributed by atoms with van der Waals surface area (Å²) in [5, 5.41) is 6.87. The molecule has 8 heteroatoms. The Balaban J connectivity index is 2.05. The predicted octanol–water partition coefficient (Wildman–Crippen LogP) is 2.35. The number of benzene rings is 1. The highest BCUT2D eigenvalue weighted by molar-refractivity contribution is 7.91. The van der Waals surface area contributed by atoms with Crippen molar-refractivity contribution < 1.29 is 17.9 Å². The smallest absolute Gasteiger partial charge is 0.229 e. The normalized spacial score (nSPS) is 12.6. The Morgan fingerprint density at radius 3 is 2.56 bits per heavy atom. The summed E-state index contributed by atoms with van der Waals surface area (Å²) in [5.74, 6) is -0.172. The number of hydrogen-bond donors (Lipinski definition) is 1. The van der Waals surface area contributed by atoms with Crippen LogP contribution in [0.15, 0.2) is 41.4 Å². The van der Waals surface area contributed by atoms with Crippen molar-refractivity contribution >= 4 is 21.6 Å². The molecule has 1 aromatic carbocycles. The number of methoxy groups -OCH3 is 1. The molecule has 0 aliphatic heterocycles. The molecule has 0 saturated heterocycles. The van der Waals surface area contributed by atoms with Gasteiger partial charge in [-0.05, 0) is 30.7 Å². The molecule has 0 radical (unpaired) electrons. The van der Waals surface area contributed by atoms with E-state index >= 15 is 0 Å². The quantitative estimate of drug-likeness (QED) is 0.775. The minimum atomic E-state index is -3.57. The maximum absolute atomic E-state index is 12.5. The van der Waals surface area contributed by atoms with Gasteiger partial charge in [0.05, 0.1) is 24.0 Å². The van der Waals surface area contributed by atoms with E-state index < -0.39 is 15.8 Å². The zero-order valence-electron chi connectivity index (χ0n) is 14.6. The lowest BCUT2D eigenvalue weighted by Crippen LogP contribution is -2.28. The van der Waals surface area contributed by atoms with Crippen LogP contribution in [0.25, 0.3) is 0 Å². The van der Waals surface area contributed by atoms with Crippen LogP contribution in [0.3, 0.4) is 0 Å². The fourth-order valence-corrected chi connectivity index (χ4v) is 3.92. The van der Waals surface area contributed by atoms with Gasteiger partial charge in [0.25, 0.3) is 0 Å². The molecule has 0 spiro atoms. The summed E-state index contributed by atoms with van der Waals surface area (Å²) >= 11 is 0. The summed E-state index contributed by atoms with van der Waals surface area (Å²) in [6.45, 7) is 4.29. The Morgan fingerprint density at radius 2 is 1.96 bits per heavy atom. The van der Waals surface area contributed by atoms with Crippen molar-refractivity contribution in [1.82, 2.24) is 9.78 Å². The van der Waals surface area contributed by atoms with E-state index in [2.05, 4.69) is 10.4 Å². The summed E-state index contributed by atoms with van der Waals surface area (Å²) < 4.78 is 31.7. The highest BCUT2D eigenvalue weighted by Gasteiger charge is 2.24. The van der Waals surface area contributed by atoms with Gasteiger partial charge < -0.3 is 10.1 Å². The first-order valence-electron chi connectivity index (χ1n) is 8.07. The first kappa shape index (κ1) is 19.0. The minimum absolute atomic E-state index is 0.170. The zero-order valence-corrected chi connectivity index (χ0v) is 15.4. The lowest BCUT2D eigenvalue weighted by atomic mass is 10.2. The Hall–Kier alpha value is -2.35. The standard InChI is InChI=1S/C17H23N3O4S/c1-4-11-20-16(9-10-18-20)19-17(21)13(2)12-25(22,23)15-7-5-14(24-3)6-8-15/h5-10,13H,4,11-12H2,1-3H3,(H,19,21). The number of amides is 1. The summed E-state index contributed by atoms with van der Waals surface area (Å²) in [6, 6.07) is 7.82. The number of anilines is 1. The van der Waals surface area contributed by atoms with Gasteiger partial charge in [-0.3, -0.25) is 4.79 Å². The number of carbonyl (C=O) groups is 1. The number of rotatable bonds is 8. The van der Waals surface area contributed by atoms with Crippen molar-refractivity contribution in [2.24, 2.45) is 5.92 Å². The summed E-state index contributed by atoms with van der Waals surface area (Å²) in [4.78, 5) is 12.5. The largest absolute Gasteiger partial charge is 0.497 e. The molecule has 2 aromatic rings. The summed E-state index contributed by atoms with van der Waals surface area (Å²) in [7, 11) is -2.05. The van der Waals surface area contributed by atoms with Gasteiger partial charge >= 0.3 is 0 Å². The SMILES string of the molecule is CCCn1nccc1NC(=O)C(C)CS(=O)(=O)c1ccc(OC)cc1. The lowest BCUT2D eigenvalue weighted by molar-refractivity contribution is -0.118. The fraction of sp³-hybridized carbons (Fsp3) is 0.412. The van der Waals surface area contributed by atoms with Crippen molar-refractivity contribution in [3.05, 3.63) is 36.5 Å². The maximum atomic E-state index is 12.5. The number of nitrogens with one attached hydrogen (secondary N) is 1. The molecule has 1 heterocycles. The lowest BCUT2D eigenvalue weighted by Gasteiger charge is -2.14. The third-order valence-electron chi connectivity index (χ3n) is 3.74. The van der Waals surface area contributed by atoms with Crippen molar-refractivity contribution in [2.75, 3.05) is 18.2 Å². The van der Waals surface area contributed by atoms with Crippen LogP contribution in [-0.4, -0.2) is 37.0 Å². The number of ether oxygens (including phenoxy) is 1. The van der Waals surface area contributed by atoms with Crippen LogP contribution in [0.1, 0.15) is 20.3 Å². The van der Waals surface area contributed by atoms with E-state index in [1.807, 2.05) is 6.92 Å². The third-order valence-corrected chi connectivity index (χ3v) is 5.67. The summed E-state index contributed by atoms with van der Waals surface area (Å²) in [5.41, 5.74) is 0. The van der Waals surface area contributed by atoms with Crippen molar-refractivity contribution in [3.63, 3.8) is 0 Å². The van der Waals surface area contributed by atoms with Gasteiger partial charge in [0, 0.05) is 18.5 Å². The molecule has 0 bridgehead atoms. The van der Waals surface area contributed by atoms with E-state index in [-0.39, 0.29) is 16.6 Å². The first-order chi connectivity index (χ1) is 11.9. The molecule has 1 N–H and O–H groups in total. The van der Waals surface area contributed by atoms with Crippen LogP contribution in [0, 0.1) is 5.92 Å². The van der Waals surface area contributed by atoms with Gasteiger partial charge in [0.1, 0.15) is 11.6 Å². The molecule has 0 aliphatic rings. The molecule has 0 aliphatic carbocycles. The van der Waals surface area contributed by atoms with Gasteiger partial charge in [0.15, 0.2) is 9.84 Å². The average Bonchev–Trinajstić information content (AvgIpc) is 3.01. The molecule has 0 fully saturated rings. The molecule has 25 heavy (non-hydrogen) atoms. The second-order valence-corrected chi connectivity index (χ2v) is 7.82. The Labute approximate surface area is 147 Å². The number of aryl methyl sites for hydroxylation is 1. The molecule has 1 atom stereocenters. The van der Waals surface area contributed by atoms with E-state index in [9.17, 15) is 13.2 Å². The maximum Gasteiger partial charge on any atom is 0.229 e. The van der Waals surface area contributed by atoms with E-state index in [0.29, 0.717) is 18.1 Å². The van der Waals surface area contributed by atoms with Crippen LogP contribution in [0.5, 0.6) is 5.75 Å². The highest BCUT2D eigenvalue weighted by Crippen LogP contribution is 2.19. The van der Waals surface area contributed by atoms with Crippen LogP contribution in [-0.2, 0) is 21.2 Å². The number of aromatic nitrogens is 2. The van der Waals surface area contributed by atoms with Gasteiger partial charge in [-0.2, -0.15) is 5.10 Å². The van der Waals surface area contributed by atoms with Gasteiger partial charge in [-0.25, -0.2) is 13.1 Å². The molecule has 1 unspecified atom stereocenters. The van der Waals surface area contributed by atoms with E-state index in [0.717, 1.165) is 6.42 Å². The second-order valence-electron chi connectivity index (χ2n) is 5.79. The zero-order chi connectivity index (χ0) is 18.4. The van der Waals surface area contributed by atoms with Gasteiger partial charge in [-0.1, -0.05) is 13.8 Å². The van der Waals surface area contributed by atoms with Crippen LogP contribution < -0.4 is 10.1 Å². The molecule has 2 rings (SSSR count). The molecule has 1 aromatic heterocycles. The van der Waals surface area contributed by atoms with Crippen molar-refractivity contribution in [2.45, 2.75) is 31.7 Å². The number of hydrogen-bond acceptors (Lipinski definition) is 5. The summed E-state index contributed by atoms with van der Waals surface area (Å²) in [6.07, 6.45) is 2.48. The van der Waals surface area contributed by atoms with Gasteiger partial charge in [0.2, 0.25) is 5.91 Å². The minimum Gasteiger partial charge on any atom is -0.497 e. The molecule has 1 amide bonds. The average molecular weight is 365 g/mol. The first-order valence-corrected chi connectivity index (χ1v) is 9.72. The molecule has 136 valence electrons. The number of nitrogens with zero attached hydrogens (tertiary/aromatic N) is 2. The van der Waals surface area contributed by atoms with Crippen LogP contribution in [0.4, 0.5) is 5.82 Å². The molecular formula is C17H23N3O4S. The molecular weight excluding hydrogens is 342 g/mol. The monoisotopic (exact) mass is 365 g/mol.